The molecule has 1 aromatic rings. The zero-order valence-electron chi connectivity index (χ0n) is 11.7. The molecule has 0 aliphatic heterocycles. The number of likely N-dealkylation sites (N-methyl/N-ethyl adjacent to an activating group) is 1. The Kier molecular flexibility index (Phi) is 4.52. The van der Waals surface area contributed by atoms with Crippen molar-refractivity contribution in [3.63, 3.8) is 0 Å². The first-order valence-electron chi connectivity index (χ1n) is 7.10. The predicted octanol–water partition coefficient (Wildman–Crippen LogP) is 1.09. The molecule has 6 nitrogen and oxygen atoms in total. The molecule has 19 heavy (non-hydrogen) atoms. The van der Waals surface area contributed by atoms with Crippen LogP contribution in [0, 0.1) is 0 Å². The molecule has 1 aromatic heterocycles. The van der Waals surface area contributed by atoms with E-state index in [9.17, 15) is 4.79 Å². The highest BCUT2D eigenvalue weighted by atomic mass is 16.2. The zero-order chi connectivity index (χ0) is 13.8. The van der Waals surface area contributed by atoms with Crippen molar-refractivity contribution in [2.75, 3.05) is 6.54 Å². The Balaban J connectivity index is 1.93. The van der Waals surface area contributed by atoms with Crippen LogP contribution < -0.4 is 5.73 Å². The van der Waals surface area contributed by atoms with Crippen LogP contribution in [0.25, 0.3) is 0 Å². The molecule has 0 bridgehead atoms. The third-order valence-electron chi connectivity index (χ3n) is 3.48. The lowest BCUT2D eigenvalue weighted by atomic mass is 10.1. The van der Waals surface area contributed by atoms with E-state index in [1.165, 1.54) is 0 Å². The number of nitrogens with zero attached hydrogens (tertiary/aromatic N) is 4. The molecule has 1 fully saturated rings. The number of carbonyl (C=O) groups is 1. The highest BCUT2D eigenvalue weighted by Gasteiger charge is 2.31. The number of carbonyl (C=O) groups excluding carboxylic acids is 1. The monoisotopic (exact) mass is 265 g/mol. The molecular weight excluding hydrogens is 242 g/mol. The minimum atomic E-state index is -0.0837. The third-order valence-corrected chi connectivity index (χ3v) is 3.48. The molecule has 0 saturated heterocycles. The molecule has 106 valence electrons. The van der Waals surface area contributed by atoms with E-state index in [0.29, 0.717) is 6.04 Å². The summed E-state index contributed by atoms with van der Waals surface area (Å²) in [6, 6.07) is 0.363. The van der Waals surface area contributed by atoms with Crippen molar-refractivity contribution in [2.45, 2.75) is 58.2 Å². The van der Waals surface area contributed by atoms with Gasteiger partial charge in [-0.15, -0.1) is 5.10 Å². The summed E-state index contributed by atoms with van der Waals surface area (Å²) in [6.45, 7) is 5.12. The van der Waals surface area contributed by atoms with Gasteiger partial charge >= 0.3 is 0 Å². The van der Waals surface area contributed by atoms with Gasteiger partial charge in [-0.2, -0.15) is 0 Å². The van der Waals surface area contributed by atoms with Crippen LogP contribution in [-0.2, 0) is 11.3 Å². The van der Waals surface area contributed by atoms with Crippen molar-refractivity contribution in [1.29, 1.82) is 0 Å². The summed E-state index contributed by atoms with van der Waals surface area (Å²) in [5, 5.41) is 8.05. The second kappa shape index (κ2) is 6.14. The Hall–Kier alpha value is -1.43. The standard InChI is InChI=1S/C13H23N5O/c1-3-5-11(14)12-8-17(16-15-12)9-13(19)18(4-2)10-6-7-10/h8,10-11H,3-7,9,14H2,1-2H3. The molecule has 1 heterocycles. The van der Waals surface area contributed by atoms with Gasteiger partial charge in [0.05, 0.1) is 17.9 Å². The van der Waals surface area contributed by atoms with Gasteiger partial charge in [-0.1, -0.05) is 18.6 Å². The number of nitrogens with two attached hydrogens (primary N) is 1. The molecule has 1 saturated carbocycles. The van der Waals surface area contributed by atoms with Gasteiger partial charge in [0.15, 0.2) is 0 Å². The quantitative estimate of drug-likeness (QED) is 0.800. The largest absolute Gasteiger partial charge is 0.338 e. The van der Waals surface area contributed by atoms with Crippen LogP contribution in [0.3, 0.4) is 0 Å². The lowest BCUT2D eigenvalue weighted by Gasteiger charge is -2.19. The SMILES string of the molecule is CCCC(N)c1cn(CC(=O)N(CC)C2CC2)nn1. The van der Waals surface area contributed by atoms with Crippen molar-refractivity contribution >= 4 is 5.91 Å². The maximum Gasteiger partial charge on any atom is 0.244 e. The van der Waals surface area contributed by atoms with E-state index >= 15 is 0 Å². The molecule has 1 unspecified atom stereocenters. The molecule has 1 aliphatic rings. The summed E-state index contributed by atoms with van der Waals surface area (Å²) in [5.41, 5.74) is 6.75. The Morgan fingerprint density at radius 1 is 1.58 bits per heavy atom. The van der Waals surface area contributed by atoms with Gasteiger partial charge in [0.25, 0.3) is 0 Å². The van der Waals surface area contributed by atoms with Gasteiger partial charge in [0, 0.05) is 12.6 Å². The van der Waals surface area contributed by atoms with E-state index < -0.39 is 0 Å². The fourth-order valence-electron chi connectivity index (χ4n) is 2.27. The fourth-order valence-corrected chi connectivity index (χ4v) is 2.27. The lowest BCUT2D eigenvalue weighted by molar-refractivity contribution is -0.132. The van der Waals surface area contributed by atoms with Gasteiger partial charge in [-0.25, -0.2) is 4.68 Å². The maximum atomic E-state index is 12.1. The van der Waals surface area contributed by atoms with Crippen molar-refractivity contribution in [3.05, 3.63) is 11.9 Å². The molecule has 1 amide bonds. The van der Waals surface area contributed by atoms with E-state index in [1.807, 2.05) is 11.8 Å². The zero-order valence-corrected chi connectivity index (χ0v) is 11.7. The summed E-state index contributed by atoms with van der Waals surface area (Å²) < 4.78 is 1.60. The average Bonchev–Trinajstić information content (AvgIpc) is 3.09. The van der Waals surface area contributed by atoms with Crippen LogP contribution in [0.5, 0.6) is 0 Å². The van der Waals surface area contributed by atoms with Gasteiger partial charge in [-0.3, -0.25) is 4.79 Å². The van der Waals surface area contributed by atoms with Crippen molar-refractivity contribution in [2.24, 2.45) is 5.73 Å². The van der Waals surface area contributed by atoms with Crippen LogP contribution in [0.15, 0.2) is 6.20 Å². The Morgan fingerprint density at radius 3 is 2.89 bits per heavy atom. The van der Waals surface area contributed by atoms with Crippen LogP contribution >= 0.6 is 0 Å². The maximum absolute atomic E-state index is 12.1. The van der Waals surface area contributed by atoms with E-state index in [0.717, 1.165) is 37.9 Å². The minimum Gasteiger partial charge on any atom is -0.338 e. The predicted molar refractivity (Wildman–Crippen MR) is 72.3 cm³/mol. The minimum absolute atomic E-state index is 0.0837. The molecule has 0 spiro atoms. The number of hydrogen-bond acceptors (Lipinski definition) is 4. The normalized spacial score (nSPS) is 16.4. The van der Waals surface area contributed by atoms with E-state index in [2.05, 4.69) is 17.2 Å². The first kappa shape index (κ1) is 14.0. The molecule has 6 heteroatoms. The number of aromatic nitrogens is 3. The van der Waals surface area contributed by atoms with Crippen LogP contribution in [0.1, 0.15) is 51.3 Å². The summed E-state index contributed by atoms with van der Waals surface area (Å²) in [4.78, 5) is 14.1. The highest BCUT2D eigenvalue weighted by molar-refractivity contribution is 5.76. The summed E-state index contributed by atoms with van der Waals surface area (Å²) in [5.74, 6) is 0.116. The van der Waals surface area contributed by atoms with Crippen LogP contribution in [0.4, 0.5) is 0 Å². The van der Waals surface area contributed by atoms with Gasteiger partial charge in [0.2, 0.25) is 5.91 Å². The number of amides is 1. The molecule has 0 radical (unpaired) electrons. The van der Waals surface area contributed by atoms with Gasteiger partial charge in [0.1, 0.15) is 6.54 Å². The van der Waals surface area contributed by atoms with Crippen molar-refractivity contribution < 1.29 is 4.79 Å². The van der Waals surface area contributed by atoms with E-state index in [1.54, 1.807) is 10.9 Å². The van der Waals surface area contributed by atoms with E-state index in [4.69, 9.17) is 5.73 Å². The van der Waals surface area contributed by atoms with Crippen molar-refractivity contribution in [3.8, 4) is 0 Å². The Labute approximate surface area is 113 Å². The third kappa shape index (κ3) is 3.53. The van der Waals surface area contributed by atoms with Crippen LogP contribution in [0.2, 0.25) is 0 Å². The fraction of sp³-hybridized carbons (Fsp3) is 0.769. The summed E-state index contributed by atoms with van der Waals surface area (Å²) in [6.07, 6.45) is 5.94. The molecule has 2 N–H and O–H groups in total. The summed E-state index contributed by atoms with van der Waals surface area (Å²) in [7, 11) is 0. The van der Waals surface area contributed by atoms with Gasteiger partial charge < -0.3 is 10.6 Å². The number of hydrogen-bond donors (Lipinski definition) is 1. The molecule has 0 aromatic carbocycles. The Bertz CT molecular complexity index is 426. The van der Waals surface area contributed by atoms with Crippen LogP contribution in [-0.4, -0.2) is 38.4 Å². The first-order valence-corrected chi connectivity index (χ1v) is 7.10. The average molecular weight is 265 g/mol. The molecular formula is C13H23N5O. The molecule has 2 rings (SSSR count). The lowest BCUT2D eigenvalue weighted by Crippen LogP contribution is -2.35. The Morgan fingerprint density at radius 2 is 2.32 bits per heavy atom. The smallest absolute Gasteiger partial charge is 0.244 e. The molecule has 1 atom stereocenters. The second-order valence-electron chi connectivity index (χ2n) is 5.15. The highest BCUT2D eigenvalue weighted by Crippen LogP contribution is 2.26. The first-order chi connectivity index (χ1) is 9.15. The molecule has 1 aliphatic carbocycles. The van der Waals surface area contributed by atoms with Crippen molar-refractivity contribution in [1.82, 2.24) is 19.9 Å². The number of rotatable bonds is 7. The second-order valence-corrected chi connectivity index (χ2v) is 5.15. The van der Waals surface area contributed by atoms with Gasteiger partial charge in [-0.05, 0) is 26.2 Å². The topological polar surface area (TPSA) is 77.0 Å². The van der Waals surface area contributed by atoms with E-state index in [-0.39, 0.29) is 18.5 Å². The summed E-state index contributed by atoms with van der Waals surface area (Å²) >= 11 is 0.